The average molecular weight is 322 g/mol. The molecule has 1 aromatic heterocycles. The molecule has 0 aliphatic carbocycles. The number of carbonyl (C=O) groups excluding carboxylic acids is 1. The van der Waals surface area contributed by atoms with Crippen molar-refractivity contribution in [3.05, 3.63) is 64.6 Å². The maximum Gasteiger partial charge on any atom is 0.387 e. The van der Waals surface area contributed by atoms with Crippen LogP contribution < -0.4 is 15.6 Å². The van der Waals surface area contributed by atoms with Crippen LogP contribution in [0.1, 0.15) is 18.5 Å². The fourth-order valence-corrected chi connectivity index (χ4v) is 2.05. The van der Waals surface area contributed by atoms with Crippen LogP contribution in [0.5, 0.6) is 5.75 Å². The predicted molar refractivity (Wildman–Crippen MR) is 80.3 cm³/mol. The number of aromatic nitrogens is 1. The van der Waals surface area contributed by atoms with E-state index in [4.69, 9.17) is 0 Å². The van der Waals surface area contributed by atoms with E-state index < -0.39 is 6.61 Å². The van der Waals surface area contributed by atoms with Gasteiger partial charge in [0, 0.05) is 12.3 Å². The Morgan fingerprint density at radius 1 is 1.22 bits per heavy atom. The van der Waals surface area contributed by atoms with Crippen molar-refractivity contribution in [1.82, 2.24) is 9.88 Å². The third kappa shape index (κ3) is 4.91. The van der Waals surface area contributed by atoms with Crippen LogP contribution in [-0.2, 0) is 11.3 Å². The van der Waals surface area contributed by atoms with Gasteiger partial charge in [0.2, 0.25) is 5.91 Å². The number of halogens is 2. The van der Waals surface area contributed by atoms with E-state index in [2.05, 4.69) is 10.1 Å². The van der Waals surface area contributed by atoms with Crippen molar-refractivity contribution in [1.29, 1.82) is 0 Å². The largest absolute Gasteiger partial charge is 0.435 e. The summed E-state index contributed by atoms with van der Waals surface area (Å²) in [5.41, 5.74) is 0.476. The number of pyridine rings is 1. The molecule has 1 atom stereocenters. The lowest BCUT2D eigenvalue weighted by Gasteiger charge is -2.15. The molecular weight excluding hydrogens is 306 g/mol. The van der Waals surface area contributed by atoms with Gasteiger partial charge in [-0.1, -0.05) is 18.2 Å². The summed E-state index contributed by atoms with van der Waals surface area (Å²) in [6, 6.07) is 10.3. The van der Waals surface area contributed by atoms with Gasteiger partial charge in [-0.3, -0.25) is 9.59 Å². The van der Waals surface area contributed by atoms with Crippen molar-refractivity contribution in [2.24, 2.45) is 0 Å². The molecule has 1 N–H and O–H groups in total. The number of alkyl halides is 2. The summed E-state index contributed by atoms with van der Waals surface area (Å²) >= 11 is 0. The Bertz CT molecular complexity index is 714. The van der Waals surface area contributed by atoms with Crippen LogP contribution in [0.2, 0.25) is 0 Å². The quantitative estimate of drug-likeness (QED) is 0.888. The highest BCUT2D eigenvalue weighted by Crippen LogP contribution is 2.19. The number of amides is 1. The molecule has 0 fully saturated rings. The van der Waals surface area contributed by atoms with Crippen LogP contribution >= 0.6 is 0 Å². The minimum absolute atomic E-state index is 0.0538. The number of ether oxygens (including phenoxy) is 1. The first-order valence-corrected chi connectivity index (χ1v) is 6.95. The molecule has 122 valence electrons. The zero-order valence-corrected chi connectivity index (χ0v) is 12.4. The van der Waals surface area contributed by atoms with Crippen molar-refractivity contribution in [2.75, 3.05) is 0 Å². The van der Waals surface area contributed by atoms with Gasteiger partial charge in [-0.2, -0.15) is 8.78 Å². The van der Waals surface area contributed by atoms with Gasteiger partial charge >= 0.3 is 6.61 Å². The van der Waals surface area contributed by atoms with Crippen LogP contribution in [0.25, 0.3) is 0 Å². The van der Waals surface area contributed by atoms with E-state index in [-0.39, 0.29) is 29.8 Å². The van der Waals surface area contributed by atoms with E-state index in [1.807, 2.05) is 0 Å². The van der Waals surface area contributed by atoms with Crippen molar-refractivity contribution in [3.8, 4) is 5.75 Å². The minimum atomic E-state index is -2.87. The summed E-state index contributed by atoms with van der Waals surface area (Å²) in [7, 11) is 0. The van der Waals surface area contributed by atoms with E-state index in [9.17, 15) is 18.4 Å². The molecule has 0 aliphatic rings. The number of rotatable bonds is 6. The van der Waals surface area contributed by atoms with Crippen LogP contribution in [0.4, 0.5) is 8.78 Å². The molecule has 0 aliphatic heterocycles. The molecule has 5 nitrogen and oxygen atoms in total. The van der Waals surface area contributed by atoms with E-state index in [1.54, 1.807) is 31.2 Å². The van der Waals surface area contributed by atoms with Crippen LogP contribution in [0, 0.1) is 0 Å². The standard InChI is InChI=1S/C16H16F2N2O3/c1-11(12-5-7-13(8-6-12)23-16(17)18)19-14(21)10-20-9-3-2-4-15(20)22/h2-9,11,16H,10H2,1H3,(H,19,21). The highest BCUT2D eigenvalue weighted by molar-refractivity contribution is 5.76. The van der Waals surface area contributed by atoms with Gasteiger partial charge in [0.05, 0.1) is 6.04 Å². The summed E-state index contributed by atoms with van der Waals surface area (Å²) in [5.74, 6) is -0.267. The number of hydrogen-bond acceptors (Lipinski definition) is 3. The smallest absolute Gasteiger partial charge is 0.387 e. The van der Waals surface area contributed by atoms with Gasteiger partial charge in [0.15, 0.2) is 0 Å². The number of nitrogens with one attached hydrogen (secondary N) is 1. The predicted octanol–water partition coefficient (Wildman–Crippen LogP) is 2.33. The molecule has 0 radical (unpaired) electrons. The Hall–Kier alpha value is -2.70. The summed E-state index contributed by atoms with van der Waals surface area (Å²) in [6.45, 7) is -1.20. The van der Waals surface area contributed by atoms with E-state index in [0.717, 1.165) is 5.56 Å². The third-order valence-corrected chi connectivity index (χ3v) is 3.20. The number of benzene rings is 1. The molecule has 0 bridgehead atoms. The average Bonchev–Trinajstić information content (AvgIpc) is 2.49. The summed E-state index contributed by atoms with van der Waals surface area (Å²) in [4.78, 5) is 23.5. The monoisotopic (exact) mass is 322 g/mol. The molecular formula is C16H16F2N2O3. The van der Waals surface area contributed by atoms with Crippen molar-refractivity contribution < 1.29 is 18.3 Å². The number of nitrogens with zero attached hydrogens (tertiary/aromatic N) is 1. The van der Waals surface area contributed by atoms with Gasteiger partial charge < -0.3 is 14.6 Å². The second kappa shape index (κ2) is 7.53. The lowest BCUT2D eigenvalue weighted by molar-refractivity contribution is -0.122. The number of carbonyl (C=O) groups is 1. The third-order valence-electron chi connectivity index (χ3n) is 3.20. The fraction of sp³-hybridized carbons (Fsp3) is 0.250. The molecule has 1 heterocycles. The van der Waals surface area contributed by atoms with Gasteiger partial charge in [-0.25, -0.2) is 0 Å². The molecule has 1 amide bonds. The van der Waals surface area contributed by atoms with Gasteiger partial charge in [-0.05, 0) is 30.7 Å². The Morgan fingerprint density at radius 3 is 2.52 bits per heavy atom. The normalized spacial score (nSPS) is 12.0. The highest BCUT2D eigenvalue weighted by atomic mass is 19.3. The highest BCUT2D eigenvalue weighted by Gasteiger charge is 2.11. The SMILES string of the molecule is CC(NC(=O)Cn1ccccc1=O)c1ccc(OC(F)F)cc1. The van der Waals surface area contributed by atoms with Gasteiger partial charge in [0.1, 0.15) is 12.3 Å². The van der Waals surface area contributed by atoms with Gasteiger partial charge in [-0.15, -0.1) is 0 Å². The van der Waals surface area contributed by atoms with Gasteiger partial charge in [0.25, 0.3) is 5.56 Å². The second-order valence-corrected chi connectivity index (χ2v) is 4.90. The number of hydrogen-bond donors (Lipinski definition) is 1. The Balaban J connectivity index is 1.95. The zero-order valence-electron chi connectivity index (χ0n) is 12.4. The lowest BCUT2D eigenvalue weighted by atomic mass is 10.1. The van der Waals surface area contributed by atoms with Crippen LogP contribution in [0.15, 0.2) is 53.5 Å². The summed E-state index contributed by atoms with van der Waals surface area (Å²) in [6.07, 6.45) is 1.53. The summed E-state index contributed by atoms with van der Waals surface area (Å²) < 4.78 is 29.7. The first-order chi connectivity index (χ1) is 11.0. The molecule has 0 saturated heterocycles. The zero-order chi connectivity index (χ0) is 16.8. The molecule has 1 unspecified atom stereocenters. The van der Waals surface area contributed by atoms with Crippen LogP contribution in [-0.4, -0.2) is 17.1 Å². The topological polar surface area (TPSA) is 60.3 Å². The molecule has 0 saturated carbocycles. The molecule has 23 heavy (non-hydrogen) atoms. The maximum atomic E-state index is 12.1. The Kier molecular flexibility index (Phi) is 5.46. The minimum Gasteiger partial charge on any atom is -0.435 e. The molecule has 2 rings (SSSR count). The first kappa shape index (κ1) is 16.7. The first-order valence-electron chi connectivity index (χ1n) is 6.95. The van der Waals surface area contributed by atoms with E-state index >= 15 is 0 Å². The van der Waals surface area contributed by atoms with Crippen molar-refractivity contribution in [2.45, 2.75) is 26.1 Å². The maximum absolute atomic E-state index is 12.1. The molecule has 7 heteroatoms. The second-order valence-electron chi connectivity index (χ2n) is 4.90. The van der Waals surface area contributed by atoms with Crippen LogP contribution in [0.3, 0.4) is 0 Å². The molecule has 2 aromatic rings. The summed E-state index contributed by atoms with van der Waals surface area (Å²) in [5, 5.41) is 2.74. The molecule has 0 spiro atoms. The van der Waals surface area contributed by atoms with E-state index in [0.29, 0.717) is 0 Å². The Morgan fingerprint density at radius 2 is 1.91 bits per heavy atom. The fourth-order valence-electron chi connectivity index (χ4n) is 2.05. The van der Waals surface area contributed by atoms with E-state index in [1.165, 1.54) is 29.0 Å². The molecule has 1 aromatic carbocycles. The van der Waals surface area contributed by atoms with Crippen molar-refractivity contribution in [3.63, 3.8) is 0 Å². The lowest BCUT2D eigenvalue weighted by Crippen LogP contribution is -2.33. The Labute approximate surface area is 131 Å². The van der Waals surface area contributed by atoms with Crippen molar-refractivity contribution >= 4 is 5.91 Å².